The third kappa shape index (κ3) is 3.11. The van der Waals surface area contributed by atoms with Crippen LogP contribution in [0.25, 0.3) is 0 Å². The van der Waals surface area contributed by atoms with Crippen LogP contribution in [-0.4, -0.2) is 36.2 Å². The lowest BCUT2D eigenvalue weighted by Gasteiger charge is -2.33. The number of hydrogen-bond donors (Lipinski definition) is 3. The Bertz CT molecular complexity index is 610. The zero-order valence-corrected chi connectivity index (χ0v) is 13.1. The van der Waals surface area contributed by atoms with E-state index in [1.54, 1.807) is 13.8 Å². The Labute approximate surface area is 124 Å². The summed E-state index contributed by atoms with van der Waals surface area (Å²) >= 11 is 0. The molecule has 2 rings (SSSR count). The van der Waals surface area contributed by atoms with E-state index in [0.29, 0.717) is 24.2 Å². The first-order chi connectivity index (χ1) is 9.78. The van der Waals surface area contributed by atoms with Crippen LogP contribution in [0.3, 0.4) is 0 Å². The van der Waals surface area contributed by atoms with E-state index in [1.807, 2.05) is 0 Å². The van der Waals surface area contributed by atoms with Gasteiger partial charge in [0.1, 0.15) is 4.90 Å². The average Bonchev–Trinajstić information content (AvgIpc) is 2.77. The fourth-order valence-electron chi connectivity index (χ4n) is 2.94. The maximum absolute atomic E-state index is 12.4. The average molecular weight is 315 g/mol. The number of nitrogens with one attached hydrogen (secondary N) is 2. The van der Waals surface area contributed by atoms with Crippen molar-refractivity contribution in [1.82, 2.24) is 14.9 Å². The molecule has 0 saturated heterocycles. The highest BCUT2D eigenvalue weighted by Gasteiger charge is 2.40. The molecule has 1 fully saturated rings. The third-order valence-electron chi connectivity index (χ3n) is 4.19. The first-order valence-electron chi connectivity index (χ1n) is 7.03. The smallest absolute Gasteiger partial charge is 0.310 e. The summed E-state index contributed by atoms with van der Waals surface area (Å²) in [7, 11) is -3.76. The molecule has 0 bridgehead atoms. The number of carboxylic acid groups (broad SMARTS) is 1. The predicted octanol–water partition coefficient (Wildman–Crippen LogP) is 1.34. The van der Waals surface area contributed by atoms with Gasteiger partial charge in [-0.3, -0.25) is 9.89 Å². The highest BCUT2D eigenvalue weighted by atomic mass is 32.2. The van der Waals surface area contributed by atoms with Gasteiger partial charge >= 0.3 is 5.97 Å². The molecule has 0 spiro atoms. The van der Waals surface area contributed by atoms with Gasteiger partial charge in [0.05, 0.1) is 16.8 Å². The van der Waals surface area contributed by atoms with E-state index in [9.17, 15) is 18.3 Å². The lowest BCUT2D eigenvalue weighted by molar-refractivity contribution is -0.150. The highest BCUT2D eigenvalue weighted by Crippen LogP contribution is 2.36. The molecule has 1 heterocycles. The van der Waals surface area contributed by atoms with E-state index in [-0.39, 0.29) is 11.4 Å². The number of H-pyrrole nitrogens is 1. The lowest BCUT2D eigenvalue weighted by Crippen LogP contribution is -2.44. The van der Waals surface area contributed by atoms with Crippen molar-refractivity contribution >= 4 is 16.0 Å². The van der Waals surface area contributed by atoms with Crippen LogP contribution in [-0.2, 0) is 14.8 Å². The minimum atomic E-state index is -3.76. The number of carboxylic acids is 1. The molecule has 3 N–H and O–H groups in total. The van der Waals surface area contributed by atoms with Crippen molar-refractivity contribution in [2.24, 2.45) is 5.41 Å². The molecule has 1 aromatic rings. The van der Waals surface area contributed by atoms with Gasteiger partial charge in [0, 0.05) is 6.54 Å². The van der Waals surface area contributed by atoms with E-state index < -0.39 is 21.4 Å². The first kappa shape index (κ1) is 16.0. The summed E-state index contributed by atoms with van der Waals surface area (Å²) in [5, 5.41) is 16.0. The summed E-state index contributed by atoms with van der Waals surface area (Å²) in [4.78, 5) is 11.7. The quantitative estimate of drug-likeness (QED) is 0.759. The van der Waals surface area contributed by atoms with Crippen molar-refractivity contribution in [2.45, 2.75) is 50.8 Å². The lowest BCUT2D eigenvalue weighted by atomic mass is 9.74. The maximum atomic E-state index is 12.4. The van der Waals surface area contributed by atoms with Gasteiger partial charge in [0.2, 0.25) is 10.0 Å². The van der Waals surface area contributed by atoms with Crippen LogP contribution in [0.2, 0.25) is 0 Å². The molecule has 0 aromatic carbocycles. The van der Waals surface area contributed by atoms with E-state index in [4.69, 9.17) is 0 Å². The number of aromatic amines is 1. The molecule has 0 aliphatic heterocycles. The van der Waals surface area contributed by atoms with Crippen LogP contribution in [0.5, 0.6) is 0 Å². The van der Waals surface area contributed by atoms with Crippen molar-refractivity contribution in [3.05, 3.63) is 11.4 Å². The van der Waals surface area contributed by atoms with Crippen LogP contribution in [0.1, 0.15) is 43.5 Å². The number of hydrogen-bond acceptors (Lipinski definition) is 4. The number of sulfonamides is 1. The number of aryl methyl sites for hydroxylation is 2. The van der Waals surface area contributed by atoms with Crippen LogP contribution in [0.15, 0.2) is 4.90 Å². The summed E-state index contributed by atoms with van der Waals surface area (Å²) in [6, 6.07) is 0. The number of carbonyl (C=O) groups is 1. The second-order valence-corrected chi connectivity index (χ2v) is 7.44. The van der Waals surface area contributed by atoms with Gasteiger partial charge in [0.25, 0.3) is 0 Å². The van der Waals surface area contributed by atoms with E-state index in [0.717, 1.165) is 19.3 Å². The van der Waals surface area contributed by atoms with Gasteiger partial charge in [-0.05, 0) is 26.7 Å². The van der Waals surface area contributed by atoms with E-state index in [2.05, 4.69) is 14.9 Å². The van der Waals surface area contributed by atoms with Gasteiger partial charge in [0.15, 0.2) is 0 Å². The second kappa shape index (κ2) is 5.76. The third-order valence-corrected chi connectivity index (χ3v) is 5.86. The Morgan fingerprint density at radius 3 is 2.43 bits per heavy atom. The second-order valence-electron chi connectivity index (χ2n) is 5.73. The Morgan fingerprint density at radius 1 is 1.33 bits per heavy atom. The van der Waals surface area contributed by atoms with Crippen molar-refractivity contribution in [3.8, 4) is 0 Å². The molecule has 0 atom stereocenters. The Morgan fingerprint density at radius 2 is 1.95 bits per heavy atom. The molecule has 0 radical (unpaired) electrons. The largest absolute Gasteiger partial charge is 0.481 e. The van der Waals surface area contributed by atoms with E-state index >= 15 is 0 Å². The van der Waals surface area contributed by atoms with Crippen molar-refractivity contribution in [3.63, 3.8) is 0 Å². The standard InChI is InChI=1S/C13H21N3O4S/c1-9-11(10(2)16-15-9)21(19,20)14-8-13(12(17)18)6-4-3-5-7-13/h14H,3-8H2,1-2H3,(H,15,16)(H,17,18). The minimum absolute atomic E-state index is 0.0747. The number of rotatable bonds is 5. The topological polar surface area (TPSA) is 112 Å². The molecule has 21 heavy (non-hydrogen) atoms. The van der Waals surface area contributed by atoms with Gasteiger partial charge in [-0.25, -0.2) is 13.1 Å². The molecule has 0 amide bonds. The minimum Gasteiger partial charge on any atom is -0.481 e. The SMILES string of the molecule is Cc1n[nH]c(C)c1S(=O)(=O)NCC1(C(=O)O)CCCCC1. The fourth-order valence-corrected chi connectivity index (χ4v) is 4.43. The maximum Gasteiger partial charge on any atom is 0.310 e. The van der Waals surface area contributed by atoms with Gasteiger partial charge < -0.3 is 5.11 Å². The molecule has 118 valence electrons. The van der Waals surface area contributed by atoms with Crippen LogP contribution in [0.4, 0.5) is 0 Å². The summed E-state index contributed by atoms with van der Waals surface area (Å²) in [5.41, 5.74) is -0.155. The van der Waals surface area contributed by atoms with Gasteiger partial charge in [-0.2, -0.15) is 5.10 Å². The molecular formula is C13H21N3O4S. The molecular weight excluding hydrogens is 294 g/mol. The zero-order valence-electron chi connectivity index (χ0n) is 12.3. The zero-order chi connectivity index (χ0) is 15.7. The first-order valence-corrected chi connectivity index (χ1v) is 8.51. The van der Waals surface area contributed by atoms with Crippen molar-refractivity contribution in [2.75, 3.05) is 6.54 Å². The molecule has 1 aliphatic rings. The Balaban J connectivity index is 2.19. The monoisotopic (exact) mass is 315 g/mol. The van der Waals surface area contributed by atoms with Crippen LogP contribution < -0.4 is 4.72 Å². The van der Waals surface area contributed by atoms with Gasteiger partial charge in [-0.1, -0.05) is 19.3 Å². The van der Waals surface area contributed by atoms with Crippen molar-refractivity contribution < 1.29 is 18.3 Å². The molecule has 1 aromatic heterocycles. The molecule has 0 unspecified atom stereocenters. The van der Waals surface area contributed by atoms with Crippen LogP contribution >= 0.6 is 0 Å². The van der Waals surface area contributed by atoms with Crippen molar-refractivity contribution in [1.29, 1.82) is 0 Å². The predicted molar refractivity (Wildman–Crippen MR) is 76.4 cm³/mol. The summed E-state index contributed by atoms with van der Waals surface area (Å²) < 4.78 is 27.2. The fraction of sp³-hybridized carbons (Fsp3) is 0.692. The number of nitrogens with zero attached hydrogens (tertiary/aromatic N) is 1. The number of aromatic nitrogens is 2. The highest BCUT2D eigenvalue weighted by molar-refractivity contribution is 7.89. The summed E-state index contributed by atoms with van der Waals surface area (Å²) in [6.07, 6.45) is 3.65. The number of aliphatic carboxylic acids is 1. The summed E-state index contributed by atoms with van der Waals surface area (Å²) in [6.45, 7) is 3.16. The molecule has 8 heteroatoms. The molecule has 7 nitrogen and oxygen atoms in total. The van der Waals surface area contributed by atoms with Crippen LogP contribution in [0, 0.1) is 19.3 Å². The Hall–Kier alpha value is -1.41. The Kier molecular flexibility index (Phi) is 4.38. The molecule has 1 saturated carbocycles. The summed E-state index contributed by atoms with van der Waals surface area (Å²) in [5.74, 6) is -0.925. The molecule has 1 aliphatic carbocycles. The van der Waals surface area contributed by atoms with E-state index in [1.165, 1.54) is 0 Å². The van der Waals surface area contributed by atoms with Gasteiger partial charge in [-0.15, -0.1) is 0 Å². The normalized spacial score (nSPS) is 18.6.